The van der Waals surface area contributed by atoms with Crippen LogP contribution in [0.4, 0.5) is 5.69 Å². The zero-order valence-corrected chi connectivity index (χ0v) is 9.89. The lowest BCUT2D eigenvalue weighted by atomic mass is 9.85. The molecule has 1 atom stereocenters. The number of halogens is 1. The van der Waals surface area contributed by atoms with E-state index in [2.05, 4.69) is 28.9 Å². The molecule has 1 aliphatic rings. The fourth-order valence-corrected chi connectivity index (χ4v) is 2.83. The van der Waals surface area contributed by atoms with Crippen LogP contribution in [0.15, 0.2) is 10.5 Å². The van der Waals surface area contributed by atoms with Gasteiger partial charge >= 0.3 is 0 Å². The number of rotatable bonds is 0. The molecule has 0 radical (unpaired) electrons. The lowest BCUT2D eigenvalue weighted by molar-refractivity contribution is 0.567. The summed E-state index contributed by atoms with van der Waals surface area (Å²) in [5, 5.41) is 0. The fraction of sp³-hybridized carbons (Fsp3) is 0.455. The van der Waals surface area contributed by atoms with Crippen molar-refractivity contribution in [1.82, 2.24) is 0 Å². The smallest absolute Gasteiger partial charge is 0.0491 e. The minimum absolute atomic E-state index is 0.175. The lowest BCUT2D eigenvalue weighted by Crippen LogP contribution is -2.19. The van der Waals surface area contributed by atoms with E-state index in [1.807, 2.05) is 0 Å². The molecule has 1 aromatic rings. The van der Waals surface area contributed by atoms with E-state index in [1.54, 1.807) is 0 Å². The molecule has 76 valence electrons. The van der Waals surface area contributed by atoms with Crippen molar-refractivity contribution in [3.8, 4) is 0 Å². The first-order chi connectivity index (χ1) is 6.61. The molecule has 0 saturated carbocycles. The van der Waals surface area contributed by atoms with Crippen LogP contribution in [0.3, 0.4) is 0 Å². The highest BCUT2D eigenvalue weighted by Crippen LogP contribution is 2.36. The van der Waals surface area contributed by atoms with Crippen LogP contribution in [0.5, 0.6) is 0 Å². The summed E-state index contributed by atoms with van der Waals surface area (Å²) in [6.45, 7) is 2.06. The van der Waals surface area contributed by atoms with Crippen LogP contribution in [-0.2, 0) is 6.42 Å². The quantitative estimate of drug-likeness (QED) is 0.700. The van der Waals surface area contributed by atoms with Crippen molar-refractivity contribution < 1.29 is 0 Å². The van der Waals surface area contributed by atoms with E-state index in [0.29, 0.717) is 0 Å². The molecule has 0 spiro atoms. The Kier molecular flexibility index (Phi) is 2.54. The molecule has 0 saturated heterocycles. The molecule has 4 N–H and O–H groups in total. The summed E-state index contributed by atoms with van der Waals surface area (Å²) in [5.41, 5.74) is 16.7. The second-order valence-electron chi connectivity index (χ2n) is 3.97. The SMILES string of the molecule is Cc1c(N)c(Br)cc2c1[C@@H](N)CCC2. The minimum atomic E-state index is 0.175. The number of fused-ring (bicyclic) bond motifs is 1. The van der Waals surface area contributed by atoms with Gasteiger partial charge in [0.15, 0.2) is 0 Å². The maximum Gasteiger partial charge on any atom is 0.0491 e. The molecular weight excluding hydrogens is 240 g/mol. The van der Waals surface area contributed by atoms with Gasteiger partial charge in [-0.2, -0.15) is 0 Å². The van der Waals surface area contributed by atoms with Gasteiger partial charge in [-0.05, 0) is 64.9 Å². The van der Waals surface area contributed by atoms with Crippen molar-refractivity contribution in [2.75, 3.05) is 5.73 Å². The number of hydrogen-bond donors (Lipinski definition) is 2. The van der Waals surface area contributed by atoms with Gasteiger partial charge < -0.3 is 11.5 Å². The third-order valence-electron chi connectivity index (χ3n) is 3.04. The molecule has 3 heteroatoms. The van der Waals surface area contributed by atoms with E-state index in [9.17, 15) is 0 Å². The number of nitrogen functional groups attached to an aromatic ring is 1. The van der Waals surface area contributed by atoms with E-state index in [4.69, 9.17) is 11.5 Å². The Balaban J connectivity index is 2.64. The zero-order chi connectivity index (χ0) is 10.3. The Hall–Kier alpha value is -0.540. The molecule has 0 fully saturated rings. The molecule has 0 aliphatic heterocycles. The Labute approximate surface area is 92.8 Å². The largest absolute Gasteiger partial charge is 0.398 e. The first kappa shape index (κ1) is 9.99. The molecule has 0 amide bonds. The van der Waals surface area contributed by atoms with Crippen LogP contribution >= 0.6 is 15.9 Å². The van der Waals surface area contributed by atoms with E-state index in [1.165, 1.54) is 17.5 Å². The van der Waals surface area contributed by atoms with Crippen LogP contribution in [-0.4, -0.2) is 0 Å². The summed E-state index contributed by atoms with van der Waals surface area (Å²) >= 11 is 3.48. The van der Waals surface area contributed by atoms with Gasteiger partial charge in [0, 0.05) is 16.2 Å². The van der Waals surface area contributed by atoms with E-state index < -0.39 is 0 Å². The highest BCUT2D eigenvalue weighted by atomic mass is 79.9. The maximum absolute atomic E-state index is 6.10. The third kappa shape index (κ3) is 1.44. The van der Waals surface area contributed by atoms with Crippen LogP contribution in [0, 0.1) is 6.92 Å². The molecule has 0 heterocycles. The van der Waals surface area contributed by atoms with Crippen molar-refractivity contribution in [3.63, 3.8) is 0 Å². The molecule has 1 aliphatic carbocycles. The number of aryl methyl sites for hydroxylation is 1. The Morgan fingerprint density at radius 3 is 2.93 bits per heavy atom. The maximum atomic E-state index is 6.10. The first-order valence-corrected chi connectivity index (χ1v) is 5.73. The number of hydrogen-bond acceptors (Lipinski definition) is 2. The molecule has 14 heavy (non-hydrogen) atoms. The van der Waals surface area contributed by atoms with E-state index in [0.717, 1.165) is 28.6 Å². The lowest BCUT2D eigenvalue weighted by Gasteiger charge is -2.25. The Morgan fingerprint density at radius 1 is 1.50 bits per heavy atom. The standard InChI is InChI=1S/C11H15BrN2/c1-6-10-7(3-2-4-9(10)13)5-8(12)11(6)14/h5,9H,2-4,13-14H2,1H3/t9-/m0/s1. The average molecular weight is 255 g/mol. The van der Waals surface area contributed by atoms with Crippen molar-refractivity contribution in [2.24, 2.45) is 5.73 Å². The Bertz CT molecular complexity index is 374. The van der Waals surface area contributed by atoms with Crippen LogP contribution in [0.25, 0.3) is 0 Å². The van der Waals surface area contributed by atoms with Gasteiger partial charge in [0.25, 0.3) is 0 Å². The number of nitrogens with two attached hydrogens (primary N) is 2. The van der Waals surface area contributed by atoms with E-state index >= 15 is 0 Å². The Morgan fingerprint density at radius 2 is 2.21 bits per heavy atom. The summed E-state index contributed by atoms with van der Waals surface area (Å²) < 4.78 is 1.00. The zero-order valence-electron chi connectivity index (χ0n) is 8.31. The van der Waals surface area contributed by atoms with Gasteiger partial charge in [0.2, 0.25) is 0 Å². The van der Waals surface area contributed by atoms with Crippen LogP contribution in [0.2, 0.25) is 0 Å². The van der Waals surface area contributed by atoms with Crippen molar-refractivity contribution in [1.29, 1.82) is 0 Å². The normalized spacial score (nSPS) is 20.6. The molecule has 1 aromatic carbocycles. The van der Waals surface area contributed by atoms with Gasteiger partial charge in [0.1, 0.15) is 0 Å². The summed E-state index contributed by atoms with van der Waals surface area (Å²) in [7, 11) is 0. The van der Waals surface area contributed by atoms with Crippen LogP contribution in [0.1, 0.15) is 35.6 Å². The summed E-state index contributed by atoms with van der Waals surface area (Å²) in [5.74, 6) is 0. The predicted molar refractivity (Wildman–Crippen MR) is 63.2 cm³/mol. The van der Waals surface area contributed by atoms with Gasteiger partial charge in [-0.1, -0.05) is 0 Å². The number of benzene rings is 1. The van der Waals surface area contributed by atoms with Gasteiger partial charge in [0.05, 0.1) is 0 Å². The van der Waals surface area contributed by atoms with Crippen molar-refractivity contribution in [3.05, 3.63) is 27.2 Å². The summed E-state index contributed by atoms with van der Waals surface area (Å²) in [6, 6.07) is 2.30. The first-order valence-electron chi connectivity index (χ1n) is 4.94. The highest BCUT2D eigenvalue weighted by molar-refractivity contribution is 9.10. The van der Waals surface area contributed by atoms with Gasteiger partial charge in [-0.25, -0.2) is 0 Å². The molecule has 0 aromatic heterocycles. The van der Waals surface area contributed by atoms with Gasteiger partial charge in [-0.15, -0.1) is 0 Å². The van der Waals surface area contributed by atoms with Crippen LogP contribution < -0.4 is 11.5 Å². The van der Waals surface area contributed by atoms with Gasteiger partial charge in [-0.3, -0.25) is 0 Å². The van der Waals surface area contributed by atoms with Crippen molar-refractivity contribution >= 4 is 21.6 Å². The molecule has 2 nitrogen and oxygen atoms in total. The second-order valence-corrected chi connectivity index (χ2v) is 4.82. The second kappa shape index (κ2) is 3.55. The summed E-state index contributed by atoms with van der Waals surface area (Å²) in [4.78, 5) is 0. The molecule has 2 rings (SSSR count). The summed E-state index contributed by atoms with van der Waals surface area (Å²) in [6.07, 6.45) is 3.39. The molecule has 0 unspecified atom stereocenters. The topological polar surface area (TPSA) is 52.0 Å². The molecular formula is C11H15BrN2. The van der Waals surface area contributed by atoms with Crippen molar-refractivity contribution in [2.45, 2.75) is 32.2 Å². The third-order valence-corrected chi connectivity index (χ3v) is 3.70. The van der Waals surface area contributed by atoms with E-state index in [-0.39, 0.29) is 6.04 Å². The average Bonchev–Trinajstić information content (AvgIpc) is 2.14. The minimum Gasteiger partial charge on any atom is -0.398 e. The monoisotopic (exact) mass is 254 g/mol. The predicted octanol–water partition coefficient (Wildman–Crippen LogP) is 2.68. The highest BCUT2D eigenvalue weighted by Gasteiger charge is 2.21. The number of anilines is 1. The molecule has 0 bridgehead atoms. The fourth-order valence-electron chi connectivity index (χ4n) is 2.25.